The van der Waals surface area contributed by atoms with Gasteiger partial charge in [-0.05, 0) is 43.5 Å². The monoisotopic (exact) mass is 506 g/mol. The molecule has 0 radical (unpaired) electrons. The predicted octanol–water partition coefficient (Wildman–Crippen LogP) is 4.72. The van der Waals surface area contributed by atoms with E-state index in [9.17, 15) is 17.4 Å². The van der Waals surface area contributed by atoms with E-state index in [2.05, 4.69) is 19.4 Å². The maximum atomic E-state index is 13.5. The summed E-state index contributed by atoms with van der Waals surface area (Å²) in [5, 5.41) is 6.55. The number of alkyl halides is 3. The van der Waals surface area contributed by atoms with Crippen LogP contribution in [0.2, 0.25) is 0 Å². The maximum Gasteiger partial charge on any atom is 0.416 e. The molecule has 2 aromatic carbocycles. The molecule has 1 saturated heterocycles. The number of ether oxygens (including phenoxy) is 2. The van der Waals surface area contributed by atoms with Gasteiger partial charge in [0.1, 0.15) is 0 Å². The standard InChI is InChI=1S/C24H25F3N4O3S/c1-2-33-23-22(30-35(32)31-23)28-13-16-9-10-17-20(14-6-4-3-5-7-14)29-19-11-8-15(24(25,26)27)12-18(19)21(17)34-16/h3-8,11-12,16-17,20-21,29H,2,9-10,13H2,1H3,(H,28,30)/t16-,17+,20+,21+,35?/m1/s1. The van der Waals surface area contributed by atoms with Crippen molar-refractivity contribution < 1.29 is 26.9 Å². The number of halogens is 3. The second-order valence-corrected chi connectivity index (χ2v) is 9.46. The summed E-state index contributed by atoms with van der Waals surface area (Å²) < 4.78 is 71.8. The van der Waals surface area contributed by atoms with Gasteiger partial charge < -0.3 is 20.1 Å². The van der Waals surface area contributed by atoms with Gasteiger partial charge >= 0.3 is 6.18 Å². The maximum absolute atomic E-state index is 13.5. The Morgan fingerprint density at radius 3 is 2.71 bits per heavy atom. The van der Waals surface area contributed by atoms with Gasteiger partial charge in [-0.2, -0.15) is 13.2 Å². The molecule has 3 heterocycles. The summed E-state index contributed by atoms with van der Waals surface area (Å²) in [4.78, 5) is 0. The van der Waals surface area contributed by atoms with Gasteiger partial charge in [0.15, 0.2) is 0 Å². The Labute approximate surface area is 203 Å². The van der Waals surface area contributed by atoms with Crippen LogP contribution in [0.25, 0.3) is 0 Å². The number of nitrogens with one attached hydrogen (secondary N) is 2. The Morgan fingerprint density at radius 1 is 1.17 bits per heavy atom. The number of fused-ring (bicyclic) bond motifs is 3. The SMILES string of the molecule is CCOC1=NS(=O)N=C1NC[C@H]1CC[C@@H]2[C@H](O1)c1cc(C(F)(F)F)ccc1N[C@H]2c1ccccc1. The van der Waals surface area contributed by atoms with Gasteiger partial charge in [-0.1, -0.05) is 30.3 Å². The molecule has 2 N–H and O–H groups in total. The van der Waals surface area contributed by atoms with Crippen molar-refractivity contribution in [3.05, 3.63) is 65.2 Å². The summed E-state index contributed by atoms with van der Waals surface area (Å²) in [6, 6.07) is 13.6. The first-order chi connectivity index (χ1) is 16.8. The van der Waals surface area contributed by atoms with Crippen LogP contribution in [-0.4, -0.2) is 35.2 Å². The van der Waals surface area contributed by atoms with E-state index in [0.717, 1.165) is 18.1 Å². The zero-order valence-electron chi connectivity index (χ0n) is 18.9. The quantitative estimate of drug-likeness (QED) is 0.627. The lowest BCUT2D eigenvalue weighted by Gasteiger charge is -2.46. The molecule has 5 rings (SSSR count). The molecule has 7 nitrogen and oxygen atoms in total. The van der Waals surface area contributed by atoms with E-state index < -0.39 is 29.0 Å². The van der Waals surface area contributed by atoms with Crippen molar-refractivity contribution in [1.82, 2.24) is 5.32 Å². The van der Waals surface area contributed by atoms with Gasteiger partial charge in [-0.15, -0.1) is 8.80 Å². The van der Waals surface area contributed by atoms with Crippen LogP contribution in [-0.2, 0) is 26.8 Å². The van der Waals surface area contributed by atoms with Crippen molar-refractivity contribution in [3.8, 4) is 0 Å². The molecule has 0 spiro atoms. The van der Waals surface area contributed by atoms with Crippen molar-refractivity contribution in [2.45, 2.75) is 44.2 Å². The van der Waals surface area contributed by atoms with Crippen molar-refractivity contribution >= 4 is 28.6 Å². The summed E-state index contributed by atoms with van der Waals surface area (Å²) in [6.07, 6.45) is -3.79. The van der Waals surface area contributed by atoms with Crippen molar-refractivity contribution in [2.75, 3.05) is 18.5 Å². The average Bonchev–Trinajstić information content (AvgIpc) is 3.20. The molecule has 0 aromatic heterocycles. The second-order valence-electron chi connectivity index (χ2n) is 8.63. The summed E-state index contributed by atoms with van der Waals surface area (Å²) in [7, 11) is 0. The highest BCUT2D eigenvalue weighted by Gasteiger charge is 2.43. The van der Waals surface area contributed by atoms with Gasteiger partial charge in [-0.25, -0.2) is 4.21 Å². The molecule has 5 atom stereocenters. The number of amidine groups is 1. The fourth-order valence-electron chi connectivity index (χ4n) is 4.87. The number of hydrogen-bond donors (Lipinski definition) is 2. The fourth-order valence-corrected chi connectivity index (χ4v) is 5.50. The first-order valence-corrected chi connectivity index (χ1v) is 12.5. The van der Waals surface area contributed by atoms with Crippen molar-refractivity contribution in [2.24, 2.45) is 14.7 Å². The van der Waals surface area contributed by atoms with Crippen LogP contribution < -0.4 is 10.6 Å². The Kier molecular flexibility index (Phi) is 6.54. The smallest absolute Gasteiger partial charge is 0.416 e. The van der Waals surface area contributed by atoms with Crippen LogP contribution in [0.15, 0.2) is 57.3 Å². The third-order valence-corrected chi connectivity index (χ3v) is 7.11. The largest absolute Gasteiger partial charge is 0.475 e. The van der Waals surface area contributed by atoms with E-state index >= 15 is 0 Å². The van der Waals surface area contributed by atoms with Gasteiger partial charge in [0.2, 0.25) is 5.84 Å². The highest BCUT2D eigenvalue weighted by atomic mass is 32.2. The number of nitrogens with zero attached hydrogens (tertiary/aromatic N) is 2. The number of hydrogen-bond acceptors (Lipinski definition) is 5. The van der Waals surface area contributed by atoms with E-state index in [4.69, 9.17) is 9.47 Å². The molecule has 35 heavy (non-hydrogen) atoms. The molecule has 1 unspecified atom stereocenters. The molecule has 11 heteroatoms. The highest BCUT2D eigenvalue weighted by Crippen LogP contribution is 2.51. The van der Waals surface area contributed by atoms with Gasteiger partial charge in [-0.3, -0.25) is 0 Å². The van der Waals surface area contributed by atoms with E-state index in [1.807, 2.05) is 30.3 Å². The molecule has 1 fully saturated rings. The van der Waals surface area contributed by atoms with E-state index in [-0.39, 0.29) is 24.0 Å². The normalized spacial score (nSPS) is 27.7. The second kappa shape index (κ2) is 9.62. The van der Waals surface area contributed by atoms with Crippen molar-refractivity contribution in [3.63, 3.8) is 0 Å². The minimum absolute atomic E-state index is 0.0403. The predicted molar refractivity (Wildman–Crippen MR) is 127 cm³/mol. The van der Waals surface area contributed by atoms with Gasteiger partial charge in [0.05, 0.1) is 30.4 Å². The summed E-state index contributed by atoms with van der Waals surface area (Å²) in [5.41, 5.74) is 1.52. The first kappa shape index (κ1) is 23.8. The molecular weight excluding hydrogens is 481 g/mol. The number of anilines is 1. The third kappa shape index (κ3) is 4.92. The van der Waals surface area contributed by atoms with Gasteiger partial charge in [0.25, 0.3) is 17.1 Å². The Hall–Kier alpha value is -2.92. The molecule has 2 aromatic rings. The number of rotatable bonds is 4. The first-order valence-electron chi connectivity index (χ1n) is 11.5. The minimum atomic E-state index is -4.44. The van der Waals surface area contributed by atoms with Crippen LogP contribution >= 0.6 is 0 Å². The molecule has 0 amide bonds. The lowest BCUT2D eigenvalue weighted by molar-refractivity contribution is -0.138. The molecular formula is C24H25F3N4O3S. The van der Waals surface area contributed by atoms with Crippen LogP contribution in [0, 0.1) is 5.92 Å². The van der Waals surface area contributed by atoms with Gasteiger partial charge in [0, 0.05) is 23.7 Å². The highest BCUT2D eigenvalue weighted by molar-refractivity contribution is 7.83. The minimum Gasteiger partial charge on any atom is -0.475 e. The average molecular weight is 507 g/mol. The van der Waals surface area contributed by atoms with E-state index in [0.29, 0.717) is 36.7 Å². The summed E-state index contributed by atoms with van der Waals surface area (Å²) >= 11 is -1.73. The zero-order valence-corrected chi connectivity index (χ0v) is 19.7. The molecule has 0 bridgehead atoms. The van der Waals surface area contributed by atoms with Crippen LogP contribution in [0.1, 0.15) is 48.6 Å². The third-order valence-electron chi connectivity index (χ3n) is 6.44. The van der Waals surface area contributed by atoms with E-state index in [1.165, 1.54) is 12.1 Å². The summed E-state index contributed by atoms with van der Waals surface area (Å²) in [5.74, 6) is 0.440. The van der Waals surface area contributed by atoms with Crippen LogP contribution in [0.3, 0.4) is 0 Å². The van der Waals surface area contributed by atoms with Crippen LogP contribution in [0.4, 0.5) is 18.9 Å². The Morgan fingerprint density at radius 2 is 1.97 bits per heavy atom. The molecule has 3 aliphatic rings. The lowest BCUT2D eigenvalue weighted by Crippen LogP contribution is -2.44. The molecule has 3 aliphatic heterocycles. The molecule has 186 valence electrons. The molecule has 0 aliphatic carbocycles. The zero-order chi connectivity index (χ0) is 24.6. The summed E-state index contributed by atoms with van der Waals surface area (Å²) in [6.45, 7) is 2.48. The Balaban J connectivity index is 1.40. The van der Waals surface area contributed by atoms with Crippen LogP contribution in [0.5, 0.6) is 0 Å². The topological polar surface area (TPSA) is 84.3 Å². The Bertz CT molecular complexity index is 1170. The lowest BCUT2D eigenvalue weighted by atomic mass is 9.76. The molecule has 0 saturated carbocycles. The van der Waals surface area contributed by atoms with E-state index in [1.54, 1.807) is 6.92 Å². The fraction of sp³-hybridized carbons (Fsp3) is 0.417. The van der Waals surface area contributed by atoms with Crippen molar-refractivity contribution in [1.29, 1.82) is 0 Å². The number of benzene rings is 2.